The maximum atomic E-state index is 12.6. The number of rotatable bonds is 7. The minimum absolute atomic E-state index is 0.238. The van der Waals surface area contributed by atoms with E-state index in [9.17, 15) is 22.8 Å². The molecule has 0 aliphatic heterocycles. The number of benzene rings is 2. The number of halogens is 4. The molecule has 0 heterocycles. The van der Waals surface area contributed by atoms with Crippen LogP contribution in [0.15, 0.2) is 66.9 Å². The number of amides is 1. The van der Waals surface area contributed by atoms with Gasteiger partial charge in [0.05, 0.1) is 0 Å². The van der Waals surface area contributed by atoms with E-state index >= 15 is 0 Å². The minimum Gasteiger partial charge on any atom is -0.379 e. The molecule has 0 spiro atoms. The fraction of sp³-hybridized carbons (Fsp3) is 0.158. The first kappa shape index (κ1) is 20.9. The van der Waals surface area contributed by atoms with Crippen molar-refractivity contribution in [2.75, 3.05) is 5.32 Å². The molecule has 2 rings (SSSR count). The van der Waals surface area contributed by atoms with Gasteiger partial charge >= 0.3 is 6.18 Å². The van der Waals surface area contributed by atoms with Crippen LogP contribution in [0, 0.1) is 3.57 Å². The molecule has 0 aliphatic carbocycles. The van der Waals surface area contributed by atoms with Crippen molar-refractivity contribution < 1.29 is 22.8 Å². The molecule has 2 aromatic carbocycles. The van der Waals surface area contributed by atoms with Gasteiger partial charge < -0.3 is 10.6 Å². The first-order valence-electron chi connectivity index (χ1n) is 7.90. The van der Waals surface area contributed by atoms with E-state index in [1.807, 2.05) is 18.2 Å². The summed E-state index contributed by atoms with van der Waals surface area (Å²) in [5, 5.41) is 5.30. The van der Waals surface area contributed by atoms with Crippen molar-refractivity contribution in [3.63, 3.8) is 0 Å². The van der Waals surface area contributed by atoms with Crippen molar-refractivity contribution in [2.24, 2.45) is 0 Å². The van der Waals surface area contributed by atoms with Gasteiger partial charge in [-0.15, -0.1) is 0 Å². The van der Waals surface area contributed by atoms with E-state index in [2.05, 4.69) is 33.2 Å². The van der Waals surface area contributed by atoms with Gasteiger partial charge in [0.1, 0.15) is 6.04 Å². The van der Waals surface area contributed by atoms with Crippen LogP contribution in [0.4, 0.5) is 18.9 Å². The molecule has 2 aromatic rings. The molecular weight excluding hydrogens is 472 g/mol. The topological polar surface area (TPSA) is 58.2 Å². The molecule has 27 heavy (non-hydrogen) atoms. The number of hydrogen-bond donors (Lipinski definition) is 2. The zero-order valence-electron chi connectivity index (χ0n) is 14.0. The summed E-state index contributed by atoms with van der Waals surface area (Å²) in [6, 6.07) is 15.2. The Morgan fingerprint density at radius 3 is 2.26 bits per heavy atom. The van der Waals surface area contributed by atoms with Gasteiger partial charge in [-0.05, 0) is 52.4 Å². The van der Waals surface area contributed by atoms with Gasteiger partial charge in [0.25, 0.3) is 5.78 Å². The normalized spacial score (nSPS) is 12.6. The fourth-order valence-corrected chi connectivity index (χ4v) is 2.53. The fourth-order valence-electron chi connectivity index (χ4n) is 2.17. The molecule has 0 bridgehead atoms. The van der Waals surface area contributed by atoms with Gasteiger partial charge in [-0.25, -0.2) is 0 Å². The summed E-state index contributed by atoms with van der Waals surface area (Å²) in [6.07, 6.45) is -3.48. The summed E-state index contributed by atoms with van der Waals surface area (Å²) in [5.74, 6) is -2.42. The van der Waals surface area contributed by atoms with Crippen LogP contribution in [-0.4, -0.2) is 23.9 Å². The molecule has 1 unspecified atom stereocenters. The van der Waals surface area contributed by atoms with E-state index in [1.54, 1.807) is 36.4 Å². The highest BCUT2D eigenvalue weighted by Crippen LogP contribution is 2.16. The summed E-state index contributed by atoms with van der Waals surface area (Å²) < 4.78 is 37.9. The van der Waals surface area contributed by atoms with E-state index in [0.717, 1.165) is 15.3 Å². The Morgan fingerprint density at radius 2 is 1.67 bits per heavy atom. The van der Waals surface area contributed by atoms with Gasteiger partial charge in [-0.1, -0.05) is 30.3 Å². The molecule has 1 amide bonds. The maximum absolute atomic E-state index is 12.6. The third-order valence-corrected chi connectivity index (χ3v) is 4.24. The van der Waals surface area contributed by atoms with Gasteiger partial charge in [-0.2, -0.15) is 13.2 Å². The maximum Gasteiger partial charge on any atom is 0.454 e. The predicted molar refractivity (Wildman–Crippen MR) is 105 cm³/mol. The van der Waals surface area contributed by atoms with E-state index < -0.39 is 23.9 Å². The Balaban J connectivity index is 2.10. The van der Waals surface area contributed by atoms with Crippen LogP contribution >= 0.6 is 22.6 Å². The Labute approximate surface area is 168 Å². The van der Waals surface area contributed by atoms with Crippen molar-refractivity contribution in [1.82, 2.24) is 5.32 Å². The van der Waals surface area contributed by atoms with Crippen LogP contribution in [0.1, 0.15) is 5.56 Å². The Bertz CT molecular complexity index is 806. The molecule has 0 radical (unpaired) electrons. The Hall–Kier alpha value is -2.36. The first-order chi connectivity index (χ1) is 12.8. The van der Waals surface area contributed by atoms with Gasteiger partial charge in [-0.3, -0.25) is 9.59 Å². The largest absolute Gasteiger partial charge is 0.454 e. The monoisotopic (exact) mass is 488 g/mol. The molecule has 142 valence electrons. The van der Waals surface area contributed by atoms with Crippen LogP contribution in [0.3, 0.4) is 0 Å². The number of nitrogens with one attached hydrogen (secondary N) is 2. The molecule has 2 N–H and O–H groups in total. The quantitative estimate of drug-likeness (QED) is 0.457. The lowest BCUT2D eigenvalue weighted by Crippen LogP contribution is -2.39. The van der Waals surface area contributed by atoms with E-state index in [-0.39, 0.29) is 6.42 Å². The van der Waals surface area contributed by atoms with Crippen molar-refractivity contribution >= 4 is 40.0 Å². The van der Waals surface area contributed by atoms with E-state index in [1.165, 1.54) is 0 Å². The molecule has 0 aliphatic rings. The van der Waals surface area contributed by atoms with Crippen LogP contribution in [0.5, 0.6) is 0 Å². The highest BCUT2D eigenvalue weighted by Gasteiger charge is 2.36. The first-order valence-corrected chi connectivity index (χ1v) is 8.97. The molecule has 8 heteroatoms. The lowest BCUT2D eigenvalue weighted by molar-refractivity contribution is -0.165. The lowest BCUT2D eigenvalue weighted by atomic mass is 10.1. The summed E-state index contributed by atoms with van der Waals surface area (Å²) in [4.78, 5) is 23.5. The molecule has 1 atom stereocenters. The molecular formula is C19H16F3IN2O2. The SMILES string of the molecule is O=C(Nc1ccc(I)cc1)C(Cc1ccccc1)N/C=C/C(=O)C(F)(F)F. The van der Waals surface area contributed by atoms with Crippen molar-refractivity contribution in [1.29, 1.82) is 0 Å². The number of alkyl halides is 3. The second-order valence-electron chi connectivity index (χ2n) is 5.60. The second kappa shape index (κ2) is 9.54. The number of ketones is 1. The van der Waals surface area contributed by atoms with Crippen LogP contribution < -0.4 is 10.6 Å². The summed E-state index contributed by atoms with van der Waals surface area (Å²) in [5.41, 5.74) is 1.39. The zero-order valence-corrected chi connectivity index (χ0v) is 16.1. The highest BCUT2D eigenvalue weighted by molar-refractivity contribution is 14.1. The number of anilines is 1. The standard InChI is InChI=1S/C19H16F3IN2O2/c20-19(21,22)17(26)10-11-24-16(12-13-4-2-1-3-5-13)18(27)25-15-8-6-14(23)7-9-15/h1-11,16,24H,12H2,(H,25,27)/b11-10+. The van der Waals surface area contributed by atoms with Crippen LogP contribution in [0.2, 0.25) is 0 Å². The van der Waals surface area contributed by atoms with Crippen LogP contribution in [-0.2, 0) is 16.0 Å². The van der Waals surface area contributed by atoms with Crippen molar-refractivity contribution in [2.45, 2.75) is 18.6 Å². The number of carbonyl (C=O) groups excluding carboxylic acids is 2. The number of carbonyl (C=O) groups is 2. The second-order valence-corrected chi connectivity index (χ2v) is 6.85. The van der Waals surface area contributed by atoms with Crippen molar-refractivity contribution in [3.8, 4) is 0 Å². The number of hydrogen-bond acceptors (Lipinski definition) is 3. The van der Waals surface area contributed by atoms with E-state index in [4.69, 9.17) is 0 Å². The molecule has 4 nitrogen and oxygen atoms in total. The number of allylic oxidation sites excluding steroid dienone is 1. The lowest BCUT2D eigenvalue weighted by Gasteiger charge is -2.17. The highest BCUT2D eigenvalue weighted by atomic mass is 127. The predicted octanol–water partition coefficient (Wildman–Crippen LogP) is 4.08. The minimum atomic E-state index is -4.95. The van der Waals surface area contributed by atoms with Gasteiger partial charge in [0.15, 0.2) is 0 Å². The molecule has 0 fully saturated rings. The average Bonchev–Trinajstić information content (AvgIpc) is 2.62. The Kier molecular flexibility index (Phi) is 7.40. The van der Waals surface area contributed by atoms with Crippen LogP contribution in [0.25, 0.3) is 0 Å². The molecule has 0 aromatic heterocycles. The summed E-state index contributed by atoms with van der Waals surface area (Å²) in [6.45, 7) is 0. The zero-order chi connectivity index (χ0) is 19.9. The van der Waals surface area contributed by atoms with Gasteiger partial charge in [0, 0.05) is 28.0 Å². The smallest absolute Gasteiger partial charge is 0.379 e. The average molecular weight is 488 g/mol. The van der Waals surface area contributed by atoms with E-state index in [0.29, 0.717) is 11.8 Å². The summed E-state index contributed by atoms with van der Waals surface area (Å²) in [7, 11) is 0. The van der Waals surface area contributed by atoms with Crippen molar-refractivity contribution in [3.05, 3.63) is 76.0 Å². The summed E-state index contributed by atoms with van der Waals surface area (Å²) >= 11 is 2.13. The molecule has 0 saturated carbocycles. The Morgan fingerprint density at radius 1 is 1.04 bits per heavy atom. The van der Waals surface area contributed by atoms with Gasteiger partial charge in [0.2, 0.25) is 5.91 Å². The third-order valence-electron chi connectivity index (χ3n) is 3.52. The molecule has 0 saturated heterocycles. The third kappa shape index (κ3) is 7.05.